The number of anilines is 2. The highest BCUT2D eigenvalue weighted by molar-refractivity contribution is 6.07. The number of piperidine rings is 1. The monoisotopic (exact) mass is 364 g/mol. The molecule has 1 aliphatic rings. The minimum atomic E-state index is -0.376. The lowest BCUT2D eigenvalue weighted by molar-refractivity contribution is 0.0725. The number of pyridine rings is 2. The number of carbonyl (C=O) groups excluding carboxylic acids is 1. The molecule has 138 valence electrons. The average Bonchev–Trinajstić information content (AvgIpc) is 2.70. The van der Waals surface area contributed by atoms with Gasteiger partial charge in [0.15, 0.2) is 5.65 Å². The SMILES string of the molecule is Cc1ccc2c(Nc3ccccc3F)c(C(=O)N3CCCCC3)cnc2n1. The molecule has 1 fully saturated rings. The summed E-state index contributed by atoms with van der Waals surface area (Å²) in [6, 6.07) is 10.2. The molecule has 6 heteroatoms. The van der Waals surface area contributed by atoms with E-state index in [1.807, 2.05) is 24.0 Å². The maximum atomic E-state index is 14.2. The molecular weight excluding hydrogens is 343 g/mol. The summed E-state index contributed by atoms with van der Waals surface area (Å²) >= 11 is 0. The quantitative estimate of drug-likeness (QED) is 0.746. The summed E-state index contributed by atoms with van der Waals surface area (Å²) < 4.78 is 14.2. The number of nitrogens with zero attached hydrogens (tertiary/aromatic N) is 3. The first-order valence-corrected chi connectivity index (χ1v) is 9.20. The largest absolute Gasteiger partial charge is 0.352 e. The van der Waals surface area contributed by atoms with E-state index in [2.05, 4.69) is 15.3 Å². The van der Waals surface area contributed by atoms with Gasteiger partial charge in [-0.2, -0.15) is 0 Å². The minimum Gasteiger partial charge on any atom is -0.352 e. The van der Waals surface area contributed by atoms with Crippen molar-refractivity contribution in [1.82, 2.24) is 14.9 Å². The minimum absolute atomic E-state index is 0.0801. The summed E-state index contributed by atoms with van der Waals surface area (Å²) in [7, 11) is 0. The van der Waals surface area contributed by atoms with Crippen molar-refractivity contribution in [3.8, 4) is 0 Å². The molecule has 0 radical (unpaired) electrons. The number of amides is 1. The van der Waals surface area contributed by atoms with E-state index < -0.39 is 0 Å². The van der Waals surface area contributed by atoms with E-state index in [0.29, 0.717) is 28.0 Å². The molecule has 5 nitrogen and oxygen atoms in total. The van der Waals surface area contributed by atoms with Crippen molar-refractivity contribution in [3.05, 3.63) is 59.7 Å². The fourth-order valence-electron chi connectivity index (χ4n) is 3.43. The van der Waals surface area contributed by atoms with E-state index in [1.165, 1.54) is 6.07 Å². The Kier molecular flexibility index (Phi) is 4.71. The van der Waals surface area contributed by atoms with E-state index in [9.17, 15) is 9.18 Å². The molecule has 0 aliphatic carbocycles. The topological polar surface area (TPSA) is 58.1 Å². The first-order valence-electron chi connectivity index (χ1n) is 9.20. The van der Waals surface area contributed by atoms with Crippen molar-refractivity contribution in [2.45, 2.75) is 26.2 Å². The number of aromatic nitrogens is 2. The van der Waals surface area contributed by atoms with Gasteiger partial charge in [-0.15, -0.1) is 0 Å². The fourth-order valence-corrected chi connectivity index (χ4v) is 3.43. The lowest BCUT2D eigenvalue weighted by Crippen LogP contribution is -2.36. The van der Waals surface area contributed by atoms with Crippen molar-refractivity contribution >= 4 is 28.3 Å². The second-order valence-corrected chi connectivity index (χ2v) is 6.83. The fraction of sp³-hybridized carbons (Fsp3) is 0.286. The summed E-state index contributed by atoms with van der Waals surface area (Å²) in [4.78, 5) is 23.8. The van der Waals surface area contributed by atoms with Crippen LogP contribution in [0.3, 0.4) is 0 Å². The van der Waals surface area contributed by atoms with Gasteiger partial charge < -0.3 is 10.2 Å². The number of aryl methyl sites for hydroxylation is 1. The summed E-state index contributed by atoms with van der Waals surface area (Å²) in [5.41, 5.74) is 2.68. The van der Waals surface area contributed by atoms with Gasteiger partial charge >= 0.3 is 0 Å². The molecule has 2 aromatic heterocycles. The van der Waals surface area contributed by atoms with Crippen LogP contribution in [0.5, 0.6) is 0 Å². The summed E-state index contributed by atoms with van der Waals surface area (Å²) in [5.74, 6) is -0.456. The van der Waals surface area contributed by atoms with E-state index in [1.54, 1.807) is 24.4 Å². The third-order valence-corrected chi connectivity index (χ3v) is 4.88. The number of hydrogen-bond acceptors (Lipinski definition) is 4. The first kappa shape index (κ1) is 17.4. The van der Waals surface area contributed by atoms with E-state index in [4.69, 9.17) is 0 Å². The standard InChI is InChI=1S/C21H21FN4O/c1-14-9-10-15-19(25-18-8-4-3-7-17(18)22)16(13-23-20(15)24-14)21(27)26-11-5-2-6-12-26/h3-4,7-10,13H,2,5-6,11-12H2,1H3,(H,23,24,25). The Morgan fingerprint density at radius 3 is 2.67 bits per heavy atom. The second-order valence-electron chi connectivity index (χ2n) is 6.83. The van der Waals surface area contributed by atoms with Crippen LogP contribution in [-0.4, -0.2) is 33.9 Å². The number of nitrogens with one attached hydrogen (secondary N) is 1. The van der Waals surface area contributed by atoms with Crippen LogP contribution in [0.2, 0.25) is 0 Å². The van der Waals surface area contributed by atoms with Crippen LogP contribution < -0.4 is 5.32 Å². The van der Waals surface area contributed by atoms with Gasteiger partial charge in [-0.3, -0.25) is 4.79 Å². The molecule has 0 bridgehead atoms. The second kappa shape index (κ2) is 7.31. The molecule has 0 saturated carbocycles. The predicted molar refractivity (Wildman–Crippen MR) is 104 cm³/mol. The van der Waals surface area contributed by atoms with Gasteiger partial charge in [-0.1, -0.05) is 12.1 Å². The molecule has 4 rings (SSSR count). The molecular formula is C21H21FN4O. The number of benzene rings is 1. The van der Waals surface area contributed by atoms with Gasteiger partial charge in [-0.05, 0) is 50.5 Å². The first-order chi connectivity index (χ1) is 13.1. The molecule has 1 aliphatic heterocycles. The number of likely N-dealkylation sites (tertiary alicyclic amines) is 1. The van der Waals surface area contributed by atoms with E-state index in [0.717, 1.165) is 38.0 Å². The Morgan fingerprint density at radius 2 is 1.89 bits per heavy atom. The number of hydrogen-bond donors (Lipinski definition) is 1. The van der Waals surface area contributed by atoms with Gasteiger partial charge in [0.25, 0.3) is 5.91 Å². The van der Waals surface area contributed by atoms with Gasteiger partial charge in [0.05, 0.1) is 16.9 Å². The molecule has 27 heavy (non-hydrogen) atoms. The Bertz CT molecular complexity index is 999. The zero-order chi connectivity index (χ0) is 18.8. The van der Waals surface area contributed by atoms with Crippen LogP contribution in [-0.2, 0) is 0 Å². The molecule has 1 aromatic carbocycles. The molecule has 3 heterocycles. The van der Waals surface area contributed by atoms with Crippen molar-refractivity contribution < 1.29 is 9.18 Å². The van der Waals surface area contributed by atoms with Crippen LogP contribution in [0.25, 0.3) is 11.0 Å². The molecule has 1 N–H and O–H groups in total. The van der Waals surface area contributed by atoms with Gasteiger partial charge in [0, 0.05) is 30.4 Å². The van der Waals surface area contributed by atoms with Crippen LogP contribution in [0.4, 0.5) is 15.8 Å². The molecule has 0 spiro atoms. The van der Waals surface area contributed by atoms with Crippen LogP contribution in [0.15, 0.2) is 42.6 Å². The average molecular weight is 364 g/mol. The van der Waals surface area contributed by atoms with Crippen molar-refractivity contribution in [2.24, 2.45) is 0 Å². The van der Waals surface area contributed by atoms with Gasteiger partial charge in [-0.25, -0.2) is 14.4 Å². The third kappa shape index (κ3) is 3.47. The highest BCUT2D eigenvalue weighted by atomic mass is 19.1. The Labute approximate surface area is 157 Å². The zero-order valence-electron chi connectivity index (χ0n) is 15.2. The Balaban J connectivity index is 1.83. The van der Waals surface area contributed by atoms with E-state index >= 15 is 0 Å². The van der Waals surface area contributed by atoms with Crippen molar-refractivity contribution in [3.63, 3.8) is 0 Å². The lowest BCUT2D eigenvalue weighted by Gasteiger charge is -2.27. The van der Waals surface area contributed by atoms with Gasteiger partial charge in [0.1, 0.15) is 5.82 Å². The predicted octanol–water partition coefficient (Wildman–Crippen LogP) is 4.45. The number of carbonyl (C=O) groups is 1. The molecule has 0 unspecified atom stereocenters. The molecule has 1 saturated heterocycles. The number of halogens is 1. The smallest absolute Gasteiger partial charge is 0.257 e. The maximum Gasteiger partial charge on any atom is 0.257 e. The van der Waals surface area contributed by atoms with Crippen molar-refractivity contribution in [2.75, 3.05) is 18.4 Å². The van der Waals surface area contributed by atoms with Crippen LogP contribution in [0.1, 0.15) is 35.3 Å². The van der Waals surface area contributed by atoms with Crippen LogP contribution in [0, 0.1) is 12.7 Å². The number of rotatable bonds is 3. The molecule has 3 aromatic rings. The summed E-state index contributed by atoms with van der Waals surface area (Å²) in [5, 5.41) is 3.82. The maximum absolute atomic E-state index is 14.2. The molecule has 0 atom stereocenters. The summed E-state index contributed by atoms with van der Waals surface area (Å²) in [6.45, 7) is 3.36. The Morgan fingerprint density at radius 1 is 1.11 bits per heavy atom. The third-order valence-electron chi connectivity index (χ3n) is 4.88. The zero-order valence-corrected chi connectivity index (χ0v) is 15.2. The number of para-hydroxylation sites is 1. The molecule has 1 amide bonds. The lowest BCUT2D eigenvalue weighted by atomic mass is 10.1. The Hall–Kier alpha value is -3.02. The van der Waals surface area contributed by atoms with Gasteiger partial charge in [0.2, 0.25) is 0 Å². The summed E-state index contributed by atoms with van der Waals surface area (Å²) in [6.07, 6.45) is 4.70. The van der Waals surface area contributed by atoms with Crippen molar-refractivity contribution in [1.29, 1.82) is 0 Å². The van der Waals surface area contributed by atoms with E-state index in [-0.39, 0.29) is 11.7 Å². The highest BCUT2D eigenvalue weighted by Crippen LogP contribution is 2.31. The normalized spacial score (nSPS) is 14.4. The van der Waals surface area contributed by atoms with Crippen LogP contribution >= 0.6 is 0 Å². The highest BCUT2D eigenvalue weighted by Gasteiger charge is 2.23. The number of fused-ring (bicyclic) bond motifs is 1.